The standard InChI is InChI=1S/C15H24ClNS/c1-2-3-4-7-10-17-11-12-18-13-14-8-5-6-9-15(14)16/h5-6,8-9,17H,2-4,7,10-13H2,1H3. The monoisotopic (exact) mass is 285 g/mol. The first-order chi connectivity index (χ1) is 8.84. The maximum Gasteiger partial charge on any atom is 0.0446 e. The summed E-state index contributed by atoms with van der Waals surface area (Å²) in [6.07, 6.45) is 5.34. The minimum absolute atomic E-state index is 0.887. The van der Waals surface area contributed by atoms with Crippen LogP contribution in [-0.2, 0) is 5.75 Å². The van der Waals surface area contributed by atoms with Crippen LogP contribution >= 0.6 is 23.4 Å². The van der Waals surface area contributed by atoms with E-state index in [1.54, 1.807) is 0 Å². The van der Waals surface area contributed by atoms with Crippen LogP contribution < -0.4 is 5.32 Å². The molecule has 0 aliphatic heterocycles. The van der Waals surface area contributed by atoms with Gasteiger partial charge in [0, 0.05) is 23.1 Å². The van der Waals surface area contributed by atoms with Crippen LogP contribution in [0, 0.1) is 0 Å². The quantitative estimate of drug-likeness (QED) is 0.623. The summed E-state index contributed by atoms with van der Waals surface area (Å²) in [4.78, 5) is 0. The van der Waals surface area contributed by atoms with Gasteiger partial charge in [-0.15, -0.1) is 0 Å². The van der Waals surface area contributed by atoms with E-state index in [0.717, 1.165) is 29.6 Å². The number of unbranched alkanes of at least 4 members (excludes halogenated alkanes) is 3. The Labute approximate surface area is 121 Å². The molecule has 0 saturated carbocycles. The molecule has 18 heavy (non-hydrogen) atoms. The van der Waals surface area contributed by atoms with Crippen LogP contribution in [0.1, 0.15) is 38.2 Å². The Hall–Kier alpha value is -0.180. The fourth-order valence-corrected chi connectivity index (χ4v) is 2.93. The topological polar surface area (TPSA) is 12.0 Å². The van der Waals surface area contributed by atoms with Crippen molar-refractivity contribution in [2.75, 3.05) is 18.8 Å². The highest BCUT2D eigenvalue weighted by molar-refractivity contribution is 7.98. The SMILES string of the molecule is CCCCCCNCCSCc1ccccc1Cl. The molecule has 1 aromatic carbocycles. The molecule has 0 spiro atoms. The number of rotatable bonds is 10. The minimum atomic E-state index is 0.887. The lowest BCUT2D eigenvalue weighted by molar-refractivity contribution is 0.613. The Kier molecular flexibility index (Phi) is 9.45. The highest BCUT2D eigenvalue weighted by atomic mass is 35.5. The zero-order valence-electron chi connectivity index (χ0n) is 11.3. The van der Waals surface area contributed by atoms with E-state index in [-0.39, 0.29) is 0 Å². The summed E-state index contributed by atoms with van der Waals surface area (Å²) in [5.74, 6) is 2.16. The molecule has 0 aliphatic rings. The second-order valence-corrected chi connectivity index (χ2v) is 5.97. The molecule has 0 unspecified atom stereocenters. The van der Waals surface area contributed by atoms with Crippen molar-refractivity contribution in [3.05, 3.63) is 34.9 Å². The molecular formula is C15H24ClNS. The summed E-state index contributed by atoms with van der Waals surface area (Å²) in [6, 6.07) is 8.10. The first kappa shape index (κ1) is 15.9. The lowest BCUT2D eigenvalue weighted by Crippen LogP contribution is -2.18. The number of thioether (sulfide) groups is 1. The minimum Gasteiger partial charge on any atom is -0.316 e. The van der Waals surface area contributed by atoms with E-state index in [0.29, 0.717) is 0 Å². The van der Waals surface area contributed by atoms with Crippen molar-refractivity contribution >= 4 is 23.4 Å². The van der Waals surface area contributed by atoms with Gasteiger partial charge in [0.05, 0.1) is 0 Å². The van der Waals surface area contributed by atoms with E-state index in [4.69, 9.17) is 11.6 Å². The van der Waals surface area contributed by atoms with Crippen LogP contribution in [0.3, 0.4) is 0 Å². The summed E-state index contributed by atoms with van der Waals surface area (Å²) in [6.45, 7) is 4.51. The molecule has 102 valence electrons. The number of halogens is 1. The van der Waals surface area contributed by atoms with Crippen LogP contribution in [-0.4, -0.2) is 18.8 Å². The fourth-order valence-electron chi connectivity index (χ4n) is 1.74. The van der Waals surface area contributed by atoms with Crippen molar-refractivity contribution in [3.8, 4) is 0 Å². The third kappa shape index (κ3) is 7.30. The average molecular weight is 286 g/mol. The highest BCUT2D eigenvalue weighted by Gasteiger charge is 1.98. The summed E-state index contributed by atoms with van der Waals surface area (Å²) >= 11 is 8.05. The second kappa shape index (κ2) is 10.7. The molecule has 0 bridgehead atoms. The maximum absolute atomic E-state index is 6.11. The molecule has 1 nitrogen and oxygen atoms in total. The maximum atomic E-state index is 6.11. The normalized spacial score (nSPS) is 10.8. The van der Waals surface area contributed by atoms with E-state index in [1.165, 1.54) is 31.2 Å². The Bertz CT molecular complexity index is 317. The van der Waals surface area contributed by atoms with Crippen LogP contribution in [0.4, 0.5) is 0 Å². The smallest absolute Gasteiger partial charge is 0.0446 e. The Balaban J connectivity index is 1.94. The zero-order chi connectivity index (χ0) is 13.1. The molecule has 0 radical (unpaired) electrons. The van der Waals surface area contributed by atoms with Crippen molar-refractivity contribution < 1.29 is 0 Å². The number of nitrogens with one attached hydrogen (secondary N) is 1. The lowest BCUT2D eigenvalue weighted by Gasteiger charge is -2.05. The fraction of sp³-hybridized carbons (Fsp3) is 0.600. The van der Waals surface area contributed by atoms with Gasteiger partial charge in [0.25, 0.3) is 0 Å². The summed E-state index contributed by atoms with van der Waals surface area (Å²) in [7, 11) is 0. The summed E-state index contributed by atoms with van der Waals surface area (Å²) < 4.78 is 0. The van der Waals surface area contributed by atoms with Gasteiger partial charge >= 0.3 is 0 Å². The van der Waals surface area contributed by atoms with E-state index in [9.17, 15) is 0 Å². The Morgan fingerprint density at radius 1 is 1.11 bits per heavy atom. The largest absolute Gasteiger partial charge is 0.316 e. The van der Waals surface area contributed by atoms with E-state index in [2.05, 4.69) is 18.3 Å². The third-order valence-corrected chi connectivity index (χ3v) is 4.22. The van der Waals surface area contributed by atoms with Gasteiger partial charge in [0.15, 0.2) is 0 Å². The molecule has 0 aliphatic carbocycles. The van der Waals surface area contributed by atoms with Gasteiger partial charge in [-0.3, -0.25) is 0 Å². The highest BCUT2D eigenvalue weighted by Crippen LogP contribution is 2.20. The molecular weight excluding hydrogens is 262 g/mol. The summed E-state index contributed by atoms with van der Waals surface area (Å²) in [5, 5.41) is 4.38. The van der Waals surface area contributed by atoms with E-state index in [1.807, 2.05) is 30.0 Å². The number of hydrogen-bond donors (Lipinski definition) is 1. The van der Waals surface area contributed by atoms with Gasteiger partial charge in [-0.2, -0.15) is 11.8 Å². The predicted octanol–water partition coefficient (Wildman–Crippen LogP) is 4.74. The van der Waals surface area contributed by atoms with Crippen molar-refractivity contribution in [1.82, 2.24) is 5.32 Å². The van der Waals surface area contributed by atoms with Crippen LogP contribution in [0.2, 0.25) is 5.02 Å². The first-order valence-electron chi connectivity index (χ1n) is 6.86. The molecule has 1 rings (SSSR count). The van der Waals surface area contributed by atoms with Crippen molar-refractivity contribution in [1.29, 1.82) is 0 Å². The second-order valence-electron chi connectivity index (χ2n) is 4.45. The average Bonchev–Trinajstić information content (AvgIpc) is 2.39. The number of hydrogen-bond acceptors (Lipinski definition) is 2. The molecule has 1 N–H and O–H groups in total. The molecule has 0 saturated heterocycles. The predicted molar refractivity (Wildman–Crippen MR) is 84.6 cm³/mol. The van der Waals surface area contributed by atoms with Crippen LogP contribution in [0.5, 0.6) is 0 Å². The Morgan fingerprint density at radius 3 is 2.72 bits per heavy atom. The van der Waals surface area contributed by atoms with Crippen LogP contribution in [0.25, 0.3) is 0 Å². The molecule has 0 heterocycles. The molecule has 0 atom stereocenters. The van der Waals surface area contributed by atoms with Crippen LogP contribution in [0.15, 0.2) is 24.3 Å². The van der Waals surface area contributed by atoms with Crippen molar-refractivity contribution in [2.24, 2.45) is 0 Å². The Morgan fingerprint density at radius 2 is 1.94 bits per heavy atom. The molecule has 0 amide bonds. The zero-order valence-corrected chi connectivity index (χ0v) is 12.8. The number of benzene rings is 1. The first-order valence-corrected chi connectivity index (χ1v) is 8.39. The van der Waals surface area contributed by atoms with E-state index >= 15 is 0 Å². The van der Waals surface area contributed by atoms with Gasteiger partial charge in [0.1, 0.15) is 0 Å². The van der Waals surface area contributed by atoms with Crippen molar-refractivity contribution in [3.63, 3.8) is 0 Å². The van der Waals surface area contributed by atoms with E-state index < -0.39 is 0 Å². The van der Waals surface area contributed by atoms with Gasteiger partial charge in [-0.25, -0.2) is 0 Å². The third-order valence-electron chi connectivity index (χ3n) is 2.85. The molecule has 0 fully saturated rings. The van der Waals surface area contributed by atoms with Crippen molar-refractivity contribution in [2.45, 2.75) is 38.4 Å². The molecule has 3 heteroatoms. The van der Waals surface area contributed by atoms with Gasteiger partial charge in [0.2, 0.25) is 0 Å². The van der Waals surface area contributed by atoms with Gasteiger partial charge in [-0.05, 0) is 24.6 Å². The van der Waals surface area contributed by atoms with Gasteiger partial charge in [-0.1, -0.05) is 56.0 Å². The molecule has 1 aromatic rings. The summed E-state index contributed by atoms with van der Waals surface area (Å²) in [5.41, 5.74) is 1.24. The molecule has 0 aromatic heterocycles. The lowest BCUT2D eigenvalue weighted by atomic mass is 10.2. The van der Waals surface area contributed by atoms with Gasteiger partial charge < -0.3 is 5.32 Å².